The van der Waals surface area contributed by atoms with Crippen molar-refractivity contribution in [2.75, 3.05) is 23.4 Å². The summed E-state index contributed by atoms with van der Waals surface area (Å²) in [4.78, 5) is 25.5. The quantitative estimate of drug-likeness (QED) is 0.560. The number of carbonyl (C=O) groups excluding carboxylic acids is 2. The minimum atomic E-state index is -0.295. The molecule has 2 aliphatic carbocycles. The number of anilines is 1. The molecule has 168 valence electrons. The smallest absolute Gasteiger partial charge is 0.309 e. The van der Waals surface area contributed by atoms with E-state index in [2.05, 4.69) is 28.8 Å². The standard InChI is InChI=1S/C26H29NO3S2/c28-24(27-23-12-5-4-11-22(23)18-7-2-1-3-8-18)17-30-25(29)19-15-20-9-6-10-21(16-19)26(20)31-13-14-32-26/h1-5,7-8,11-12,19-21H,6,9-10,13-17H2,(H,27,28)/t19?,20-,21+. The molecule has 4 nitrogen and oxygen atoms in total. The van der Waals surface area contributed by atoms with E-state index in [1.165, 1.54) is 30.8 Å². The van der Waals surface area contributed by atoms with E-state index >= 15 is 0 Å². The van der Waals surface area contributed by atoms with Gasteiger partial charge in [0.1, 0.15) is 0 Å². The predicted molar refractivity (Wildman–Crippen MR) is 133 cm³/mol. The minimum Gasteiger partial charge on any atom is -0.455 e. The first-order chi connectivity index (χ1) is 15.7. The third-order valence-corrected chi connectivity index (χ3v) is 11.1. The first-order valence-corrected chi connectivity index (χ1v) is 13.5. The van der Waals surface area contributed by atoms with Gasteiger partial charge in [0.15, 0.2) is 6.61 Å². The Hall–Kier alpha value is -1.92. The van der Waals surface area contributed by atoms with Crippen LogP contribution < -0.4 is 5.32 Å². The normalized spacial score (nSPS) is 25.9. The van der Waals surface area contributed by atoms with Gasteiger partial charge >= 0.3 is 5.97 Å². The molecule has 0 aromatic heterocycles. The van der Waals surface area contributed by atoms with Crippen LogP contribution in [-0.2, 0) is 14.3 Å². The Morgan fingerprint density at radius 2 is 1.59 bits per heavy atom. The van der Waals surface area contributed by atoms with Crippen molar-refractivity contribution in [3.63, 3.8) is 0 Å². The van der Waals surface area contributed by atoms with Crippen LogP contribution in [-0.4, -0.2) is 34.1 Å². The Labute approximate surface area is 198 Å². The average molecular weight is 468 g/mol. The molecule has 1 N–H and O–H groups in total. The maximum atomic E-state index is 12.9. The molecule has 3 aliphatic rings. The second-order valence-electron chi connectivity index (χ2n) is 8.98. The molecule has 1 amide bonds. The lowest BCUT2D eigenvalue weighted by Crippen LogP contribution is -2.48. The van der Waals surface area contributed by atoms with E-state index in [0.717, 1.165) is 29.7 Å². The third-order valence-electron chi connectivity index (χ3n) is 7.08. The van der Waals surface area contributed by atoms with Gasteiger partial charge in [0.05, 0.1) is 10.00 Å². The molecule has 2 aromatic carbocycles. The molecular weight excluding hydrogens is 438 g/mol. The monoisotopic (exact) mass is 467 g/mol. The summed E-state index contributed by atoms with van der Waals surface area (Å²) in [5.41, 5.74) is 2.71. The number of hydrogen-bond acceptors (Lipinski definition) is 5. The molecule has 5 rings (SSSR count). The van der Waals surface area contributed by atoms with Crippen LogP contribution in [0.15, 0.2) is 54.6 Å². The van der Waals surface area contributed by atoms with Crippen LogP contribution in [0.1, 0.15) is 32.1 Å². The van der Waals surface area contributed by atoms with Gasteiger partial charge in [-0.15, -0.1) is 23.5 Å². The van der Waals surface area contributed by atoms with Gasteiger partial charge < -0.3 is 10.1 Å². The van der Waals surface area contributed by atoms with Gasteiger partial charge in [-0.3, -0.25) is 9.59 Å². The van der Waals surface area contributed by atoms with Crippen LogP contribution in [0.4, 0.5) is 5.69 Å². The van der Waals surface area contributed by atoms with Crippen LogP contribution >= 0.6 is 23.5 Å². The zero-order valence-electron chi connectivity index (χ0n) is 18.1. The SMILES string of the molecule is O=C(COC(=O)C1C[C@H]2CCC[C@@H](C1)C21SCCS1)Nc1ccccc1-c1ccccc1. The van der Waals surface area contributed by atoms with Crippen molar-refractivity contribution in [2.45, 2.75) is 36.2 Å². The number of nitrogens with one attached hydrogen (secondary N) is 1. The van der Waals surface area contributed by atoms with Crippen LogP contribution in [0.2, 0.25) is 0 Å². The zero-order chi connectivity index (χ0) is 22.0. The van der Waals surface area contributed by atoms with E-state index in [1.807, 2.05) is 54.6 Å². The summed E-state index contributed by atoms with van der Waals surface area (Å²) in [5.74, 6) is 3.09. The summed E-state index contributed by atoms with van der Waals surface area (Å²) < 4.78 is 5.85. The number of carbonyl (C=O) groups is 2. The van der Waals surface area contributed by atoms with E-state index in [9.17, 15) is 9.59 Å². The molecule has 0 radical (unpaired) electrons. The Balaban J connectivity index is 1.18. The highest BCUT2D eigenvalue weighted by Crippen LogP contribution is 2.64. The zero-order valence-corrected chi connectivity index (χ0v) is 19.8. The van der Waals surface area contributed by atoms with Gasteiger partial charge in [-0.1, -0.05) is 55.0 Å². The molecule has 6 heteroatoms. The lowest BCUT2D eigenvalue weighted by Gasteiger charge is -2.51. The van der Waals surface area contributed by atoms with Crippen molar-refractivity contribution in [2.24, 2.45) is 17.8 Å². The molecule has 3 atom stereocenters. The van der Waals surface area contributed by atoms with Crippen molar-refractivity contribution in [1.82, 2.24) is 0 Å². The molecule has 2 bridgehead atoms. The van der Waals surface area contributed by atoms with Gasteiger partial charge in [-0.05, 0) is 49.1 Å². The molecule has 2 saturated carbocycles. The Morgan fingerprint density at radius 1 is 0.938 bits per heavy atom. The van der Waals surface area contributed by atoms with Crippen molar-refractivity contribution >= 4 is 41.1 Å². The summed E-state index contributed by atoms with van der Waals surface area (Å²) in [7, 11) is 0. The summed E-state index contributed by atoms with van der Waals surface area (Å²) >= 11 is 4.27. The molecule has 32 heavy (non-hydrogen) atoms. The molecule has 1 aliphatic heterocycles. The maximum absolute atomic E-state index is 12.9. The van der Waals surface area contributed by atoms with Gasteiger partial charge in [-0.2, -0.15) is 0 Å². The van der Waals surface area contributed by atoms with Crippen LogP contribution in [0.25, 0.3) is 11.1 Å². The number of benzene rings is 2. The molecular formula is C26H29NO3S2. The van der Waals surface area contributed by atoms with E-state index in [1.54, 1.807) is 0 Å². The van der Waals surface area contributed by atoms with Crippen molar-refractivity contribution in [3.05, 3.63) is 54.6 Å². The predicted octanol–water partition coefficient (Wildman–Crippen LogP) is 5.84. The topological polar surface area (TPSA) is 55.4 Å². The molecule has 1 spiro atoms. The molecule has 1 heterocycles. The summed E-state index contributed by atoms with van der Waals surface area (Å²) in [6.45, 7) is -0.234. The van der Waals surface area contributed by atoms with Crippen molar-refractivity contribution in [3.8, 4) is 11.1 Å². The summed E-state index contributed by atoms with van der Waals surface area (Å²) in [5, 5.41) is 2.92. The van der Waals surface area contributed by atoms with Crippen LogP contribution in [0, 0.1) is 17.8 Å². The minimum absolute atomic E-state index is 0.0675. The van der Waals surface area contributed by atoms with Gasteiger partial charge in [-0.25, -0.2) is 0 Å². The van der Waals surface area contributed by atoms with Crippen LogP contribution in [0.3, 0.4) is 0 Å². The summed E-state index contributed by atoms with van der Waals surface area (Å²) in [6.07, 6.45) is 5.54. The highest BCUT2D eigenvalue weighted by Gasteiger charge is 2.55. The van der Waals surface area contributed by atoms with E-state index < -0.39 is 0 Å². The number of hydrogen-bond donors (Lipinski definition) is 1. The number of thioether (sulfide) groups is 2. The molecule has 1 saturated heterocycles. The lowest BCUT2D eigenvalue weighted by atomic mass is 9.67. The lowest BCUT2D eigenvalue weighted by molar-refractivity contribution is -0.154. The summed E-state index contributed by atoms with van der Waals surface area (Å²) in [6, 6.07) is 17.6. The largest absolute Gasteiger partial charge is 0.455 e. The molecule has 1 unspecified atom stereocenters. The first-order valence-electron chi connectivity index (χ1n) is 11.5. The molecule has 3 fully saturated rings. The number of esters is 1. The number of amides is 1. The second-order valence-corrected chi connectivity index (χ2v) is 12.0. The number of rotatable bonds is 5. The van der Waals surface area contributed by atoms with E-state index in [-0.39, 0.29) is 24.4 Å². The third kappa shape index (κ3) is 4.32. The highest BCUT2D eigenvalue weighted by atomic mass is 32.2. The second kappa shape index (κ2) is 9.52. The Bertz CT molecular complexity index is 958. The fourth-order valence-corrected chi connectivity index (χ4v) is 9.64. The average Bonchev–Trinajstić information content (AvgIpc) is 3.28. The van der Waals surface area contributed by atoms with Gasteiger partial charge in [0.2, 0.25) is 0 Å². The van der Waals surface area contributed by atoms with Crippen molar-refractivity contribution in [1.29, 1.82) is 0 Å². The fourth-order valence-electron chi connectivity index (χ4n) is 5.70. The molecule has 2 aromatic rings. The van der Waals surface area contributed by atoms with Crippen LogP contribution in [0.5, 0.6) is 0 Å². The van der Waals surface area contributed by atoms with Gasteiger partial charge in [0.25, 0.3) is 5.91 Å². The Kier molecular flexibility index (Phi) is 6.51. The number of ether oxygens (including phenoxy) is 1. The maximum Gasteiger partial charge on any atom is 0.309 e. The van der Waals surface area contributed by atoms with Gasteiger partial charge in [0, 0.05) is 22.8 Å². The first kappa shape index (κ1) is 21.9. The van der Waals surface area contributed by atoms with E-state index in [4.69, 9.17) is 4.74 Å². The van der Waals surface area contributed by atoms with Crippen molar-refractivity contribution < 1.29 is 14.3 Å². The highest BCUT2D eigenvalue weighted by molar-refractivity contribution is 8.21. The fraction of sp³-hybridized carbons (Fsp3) is 0.462. The van der Waals surface area contributed by atoms with E-state index in [0.29, 0.717) is 15.9 Å². The Morgan fingerprint density at radius 3 is 2.31 bits per heavy atom. The number of para-hydroxylation sites is 1.